The van der Waals surface area contributed by atoms with Crippen molar-refractivity contribution in [2.45, 2.75) is 31.7 Å². The topological polar surface area (TPSA) is 19.4 Å². The maximum atomic E-state index is 13.7. The largest absolute Gasteiger partial charge is 0.368 e. The Kier molecular flexibility index (Phi) is 3.74. The molecular weight excluding hydrogens is 320 g/mol. The van der Waals surface area contributed by atoms with Crippen molar-refractivity contribution in [3.63, 3.8) is 0 Å². The van der Waals surface area contributed by atoms with Crippen LogP contribution in [-0.4, -0.2) is 24.1 Å². The van der Waals surface area contributed by atoms with Gasteiger partial charge in [0.15, 0.2) is 5.82 Å². The molecule has 0 amide bonds. The molecule has 130 valence electrons. The molecule has 1 saturated heterocycles. The van der Waals surface area contributed by atoms with Crippen molar-refractivity contribution in [3.8, 4) is 11.3 Å². The van der Waals surface area contributed by atoms with Crippen LogP contribution in [0.5, 0.6) is 0 Å². The molecule has 0 unspecified atom stereocenters. The lowest BCUT2D eigenvalue weighted by Gasteiger charge is -2.30. The molecule has 25 heavy (non-hydrogen) atoms. The van der Waals surface area contributed by atoms with Crippen molar-refractivity contribution in [2.24, 2.45) is 0 Å². The maximum Gasteiger partial charge on any atom is 0.270 e. The van der Waals surface area contributed by atoms with Crippen LogP contribution in [-0.2, 0) is 5.92 Å². The number of benzene rings is 1. The van der Waals surface area contributed by atoms with Crippen LogP contribution in [0, 0.1) is 0 Å². The van der Waals surface area contributed by atoms with Crippen LogP contribution in [0.2, 0.25) is 0 Å². The van der Waals surface area contributed by atoms with Crippen molar-refractivity contribution >= 4 is 11.5 Å². The van der Waals surface area contributed by atoms with Crippen LogP contribution < -0.4 is 9.80 Å². The Morgan fingerprint density at radius 1 is 1.20 bits per heavy atom. The molecule has 4 heterocycles. The van der Waals surface area contributed by atoms with Gasteiger partial charge in [0.05, 0.1) is 11.4 Å². The van der Waals surface area contributed by atoms with E-state index in [0.717, 1.165) is 44.4 Å². The van der Waals surface area contributed by atoms with Gasteiger partial charge in [-0.05, 0) is 37.2 Å². The quantitative estimate of drug-likeness (QED) is 0.800. The highest BCUT2D eigenvalue weighted by Crippen LogP contribution is 2.39. The third-order valence-electron chi connectivity index (χ3n) is 5.16. The number of nitrogens with zero attached hydrogens (tertiary/aromatic N) is 3. The first kappa shape index (κ1) is 16.1. The van der Waals surface area contributed by atoms with Gasteiger partial charge in [0, 0.05) is 37.2 Å². The molecular formula is C20H21F2N3. The minimum Gasteiger partial charge on any atom is -0.368 e. The molecule has 3 aliphatic heterocycles. The van der Waals surface area contributed by atoms with Crippen LogP contribution in [0.1, 0.15) is 25.3 Å². The fourth-order valence-corrected chi connectivity index (χ4v) is 3.78. The molecule has 0 spiro atoms. The van der Waals surface area contributed by atoms with Gasteiger partial charge >= 0.3 is 0 Å². The van der Waals surface area contributed by atoms with Crippen molar-refractivity contribution in [3.05, 3.63) is 54.7 Å². The Morgan fingerprint density at radius 2 is 1.96 bits per heavy atom. The zero-order chi connectivity index (χ0) is 17.6. The van der Waals surface area contributed by atoms with Gasteiger partial charge in [0.2, 0.25) is 0 Å². The number of hydrogen-bond donors (Lipinski definition) is 0. The number of alkyl halides is 2. The number of pyridine rings is 1. The summed E-state index contributed by atoms with van der Waals surface area (Å²) in [5.41, 5.74) is 2.52. The Balaban J connectivity index is 1.81. The molecule has 1 aromatic heterocycles. The molecule has 2 aromatic rings. The summed E-state index contributed by atoms with van der Waals surface area (Å²) in [7, 11) is 0. The van der Waals surface area contributed by atoms with Crippen LogP contribution in [0.25, 0.3) is 11.3 Å². The minimum absolute atomic E-state index is 0.00568. The number of aromatic nitrogens is 1. The molecule has 0 N–H and O–H groups in total. The summed E-state index contributed by atoms with van der Waals surface area (Å²) in [4.78, 5) is 9.32. The SMILES string of the molecule is C=CN1c2nc(-c3cccc(C(C)(F)F)c3)ccc2N2CCC1CC2. The molecule has 0 saturated carbocycles. The summed E-state index contributed by atoms with van der Waals surface area (Å²) in [6.07, 6.45) is 4.00. The predicted molar refractivity (Wildman–Crippen MR) is 97.2 cm³/mol. The molecule has 1 fully saturated rings. The average molecular weight is 341 g/mol. The van der Waals surface area contributed by atoms with Crippen molar-refractivity contribution in [1.29, 1.82) is 0 Å². The van der Waals surface area contributed by atoms with E-state index >= 15 is 0 Å². The van der Waals surface area contributed by atoms with E-state index in [-0.39, 0.29) is 5.56 Å². The summed E-state index contributed by atoms with van der Waals surface area (Å²) in [6, 6.07) is 10.9. The molecule has 2 bridgehead atoms. The molecule has 1 aromatic carbocycles. The van der Waals surface area contributed by atoms with Gasteiger partial charge in [-0.2, -0.15) is 0 Å². The fraction of sp³-hybridized carbons (Fsp3) is 0.350. The molecule has 0 atom stereocenters. The number of halogens is 2. The Labute approximate surface area is 146 Å². The lowest BCUT2D eigenvalue weighted by Crippen LogP contribution is -2.38. The first-order valence-corrected chi connectivity index (χ1v) is 8.63. The summed E-state index contributed by atoms with van der Waals surface area (Å²) < 4.78 is 27.3. The number of fused-ring (bicyclic) bond motifs is 2. The van der Waals surface area contributed by atoms with Gasteiger partial charge in [0.25, 0.3) is 5.92 Å². The standard InChI is InChI=1S/C20H21F2N3/c1-3-25-16-9-11-24(12-10-16)18-8-7-17(23-19(18)25)14-5-4-6-15(13-14)20(2,21)22/h3-8,13,16H,1,9-12H2,2H3. The van der Waals surface area contributed by atoms with Crippen LogP contribution in [0.3, 0.4) is 0 Å². The summed E-state index contributed by atoms with van der Waals surface area (Å²) in [5, 5.41) is 0. The van der Waals surface area contributed by atoms with Gasteiger partial charge in [-0.15, -0.1) is 0 Å². The third-order valence-corrected chi connectivity index (χ3v) is 5.16. The van der Waals surface area contributed by atoms with Gasteiger partial charge in [-0.25, -0.2) is 13.8 Å². The van der Waals surface area contributed by atoms with E-state index in [1.807, 2.05) is 18.3 Å². The molecule has 5 heteroatoms. The number of anilines is 2. The monoisotopic (exact) mass is 341 g/mol. The van der Waals surface area contributed by atoms with Crippen LogP contribution in [0.15, 0.2) is 49.2 Å². The highest BCUT2D eigenvalue weighted by Gasteiger charge is 2.32. The third kappa shape index (κ3) is 2.77. The van der Waals surface area contributed by atoms with Gasteiger partial charge in [0.1, 0.15) is 0 Å². The van der Waals surface area contributed by atoms with Crippen molar-refractivity contribution < 1.29 is 8.78 Å². The summed E-state index contributed by atoms with van der Waals surface area (Å²) in [6.45, 7) is 6.91. The lowest BCUT2D eigenvalue weighted by atomic mass is 10.0. The van der Waals surface area contributed by atoms with Crippen molar-refractivity contribution in [1.82, 2.24) is 4.98 Å². The Morgan fingerprint density at radius 3 is 2.64 bits per heavy atom. The van der Waals surface area contributed by atoms with Gasteiger partial charge in [-0.3, -0.25) is 0 Å². The summed E-state index contributed by atoms with van der Waals surface area (Å²) in [5.74, 6) is -1.99. The Hall–Kier alpha value is -2.43. The Bertz CT molecular complexity index is 805. The molecule has 3 aliphatic rings. The van der Waals surface area contributed by atoms with Crippen LogP contribution >= 0.6 is 0 Å². The number of rotatable bonds is 3. The van der Waals surface area contributed by atoms with E-state index in [1.54, 1.807) is 6.07 Å². The van der Waals surface area contributed by atoms with E-state index in [0.29, 0.717) is 17.3 Å². The van der Waals surface area contributed by atoms with Gasteiger partial charge < -0.3 is 9.80 Å². The second-order valence-electron chi connectivity index (χ2n) is 6.82. The first-order valence-electron chi connectivity index (χ1n) is 8.63. The normalized spacial score (nSPS) is 17.4. The predicted octanol–water partition coefficient (Wildman–Crippen LogP) is 4.79. The minimum atomic E-state index is -2.86. The first-order chi connectivity index (χ1) is 12.0. The fourth-order valence-electron chi connectivity index (χ4n) is 3.78. The van der Waals surface area contributed by atoms with Crippen molar-refractivity contribution in [2.75, 3.05) is 22.9 Å². The molecule has 5 rings (SSSR count). The molecule has 0 radical (unpaired) electrons. The van der Waals surface area contributed by atoms with E-state index in [2.05, 4.69) is 22.4 Å². The van der Waals surface area contributed by atoms with E-state index in [9.17, 15) is 8.78 Å². The lowest BCUT2D eigenvalue weighted by molar-refractivity contribution is 0.0175. The van der Waals surface area contributed by atoms with Crippen LogP contribution in [0.4, 0.5) is 20.3 Å². The molecule has 0 aliphatic carbocycles. The van der Waals surface area contributed by atoms with E-state index in [4.69, 9.17) is 4.98 Å². The summed E-state index contributed by atoms with van der Waals surface area (Å²) >= 11 is 0. The second kappa shape index (κ2) is 5.83. The number of piperidine rings is 1. The van der Waals surface area contributed by atoms with E-state index < -0.39 is 5.92 Å². The highest BCUT2D eigenvalue weighted by atomic mass is 19.3. The van der Waals surface area contributed by atoms with Gasteiger partial charge in [-0.1, -0.05) is 24.8 Å². The second-order valence-corrected chi connectivity index (χ2v) is 6.82. The number of hydrogen-bond acceptors (Lipinski definition) is 3. The smallest absolute Gasteiger partial charge is 0.270 e. The molecule has 3 nitrogen and oxygen atoms in total. The highest BCUT2D eigenvalue weighted by molar-refractivity contribution is 5.75. The maximum absolute atomic E-state index is 13.7. The zero-order valence-corrected chi connectivity index (χ0v) is 14.3. The average Bonchev–Trinajstić information content (AvgIpc) is 2.86. The zero-order valence-electron chi connectivity index (χ0n) is 14.3. The van der Waals surface area contributed by atoms with E-state index in [1.165, 1.54) is 12.1 Å².